The molecule has 1 aromatic rings. The molecular formula is C18H29NO. The molecule has 0 aliphatic heterocycles. The first kappa shape index (κ1) is 15.5. The zero-order valence-corrected chi connectivity index (χ0v) is 13.4. The molecule has 1 saturated carbocycles. The summed E-state index contributed by atoms with van der Waals surface area (Å²) in [6, 6.07) is 9.41. The van der Waals surface area contributed by atoms with Crippen molar-refractivity contribution in [3.63, 3.8) is 0 Å². The van der Waals surface area contributed by atoms with E-state index in [1.807, 2.05) is 7.11 Å². The highest BCUT2D eigenvalue weighted by Crippen LogP contribution is 2.37. The molecule has 1 aliphatic rings. The molecule has 20 heavy (non-hydrogen) atoms. The summed E-state index contributed by atoms with van der Waals surface area (Å²) in [5, 5.41) is 3.61. The smallest absolute Gasteiger partial charge is 0.0788 e. The van der Waals surface area contributed by atoms with E-state index in [-0.39, 0.29) is 12.1 Å². The van der Waals surface area contributed by atoms with Crippen molar-refractivity contribution in [2.24, 2.45) is 5.92 Å². The lowest BCUT2D eigenvalue weighted by Crippen LogP contribution is -2.36. The van der Waals surface area contributed by atoms with E-state index in [1.165, 1.54) is 30.4 Å². The third-order valence-electron chi connectivity index (χ3n) is 4.53. The summed E-state index contributed by atoms with van der Waals surface area (Å²) in [4.78, 5) is 0. The van der Waals surface area contributed by atoms with Gasteiger partial charge in [-0.1, -0.05) is 51.5 Å². The second-order valence-electron chi connectivity index (χ2n) is 6.28. The predicted molar refractivity (Wildman–Crippen MR) is 85.1 cm³/mol. The zero-order valence-electron chi connectivity index (χ0n) is 13.4. The van der Waals surface area contributed by atoms with Gasteiger partial charge in [0.2, 0.25) is 0 Å². The molecule has 0 saturated heterocycles. The van der Waals surface area contributed by atoms with Crippen LogP contribution in [0.1, 0.15) is 63.1 Å². The molecule has 2 heteroatoms. The van der Waals surface area contributed by atoms with Crippen LogP contribution in [0.4, 0.5) is 0 Å². The first-order chi connectivity index (χ1) is 9.67. The molecule has 2 rings (SSSR count). The second-order valence-corrected chi connectivity index (χ2v) is 6.28. The van der Waals surface area contributed by atoms with Crippen LogP contribution in [0.3, 0.4) is 0 Å². The minimum absolute atomic E-state index is 0.214. The number of hydrogen-bond donors (Lipinski definition) is 1. The van der Waals surface area contributed by atoms with Crippen LogP contribution in [0.25, 0.3) is 0 Å². The first-order valence-corrected chi connectivity index (χ1v) is 8.03. The summed E-state index contributed by atoms with van der Waals surface area (Å²) in [5.74, 6) is 1.29. The minimum Gasteiger partial charge on any atom is -0.379 e. The maximum Gasteiger partial charge on any atom is 0.0788 e. The summed E-state index contributed by atoms with van der Waals surface area (Å²) in [5.41, 5.74) is 2.88. The van der Waals surface area contributed by atoms with Crippen LogP contribution >= 0.6 is 0 Å². The lowest BCUT2D eigenvalue weighted by Gasteiger charge is -2.32. The molecule has 112 valence electrons. The topological polar surface area (TPSA) is 21.3 Å². The number of benzene rings is 1. The van der Waals surface area contributed by atoms with Crippen LogP contribution in [0.2, 0.25) is 0 Å². The molecule has 2 nitrogen and oxygen atoms in total. The van der Waals surface area contributed by atoms with Crippen molar-refractivity contribution in [1.82, 2.24) is 5.32 Å². The Kier molecular flexibility index (Phi) is 5.62. The van der Waals surface area contributed by atoms with E-state index < -0.39 is 0 Å². The molecule has 0 spiro atoms. The molecule has 1 N–H and O–H groups in total. The summed E-state index contributed by atoms with van der Waals surface area (Å²) in [6.45, 7) is 7.59. The second kappa shape index (κ2) is 7.24. The van der Waals surface area contributed by atoms with E-state index in [2.05, 4.69) is 50.4 Å². The van der Waals surface area contributed by atoms with Gasteiger partial charge in [-0.05, 0) is 42.3 Å². The van der Waals surface area contributed by atoms with Gasteiger partial charge in [0.1, 0.15) is 0 Å². The number of rotatable bonds is 7. The van der Waals surface area contributed by atoms with E-state index in [9.17, 15) is 0 Å². The average molecular weight is 275 g/mol. The molecule has 0 amide bonds. The van der Waals surface area contributed by atoms with Crippen molar-refractivity contribution in [3.05, 3.63) is 35.4 Å². The van der Waals surface area contributed by atoms with Crippen molar-refractivity contribution in [2.75, 3.05) is 13.7 Å². The molecule has 0 heterocycles. The molecule has 0 radical (unpaired) electrons. The number of hydrogen-bond acceptors (Lipinski definition) is 2. The SMILES string of the molecule is CCNC(c1cccc(C2CCC2)c1)C(OC)C(C)C. The number of likely N-dealkylation sites (N-methyl/N-ethyl adjacent to an activating group) is 1. The summed E-state index contributed by atoms with van der Waals surface area (Å²) in [6.07, 6.45) is 4.31. The van der Waals surface area contributed by atoms with Gasteiger partial charge < -0.3 is 10.1 Å². The fourth-order valence-corrected chi connectivity index (χ4v) is 3.18. The van der Waals surface area contributed by atoms with Crippen molar-refractivity contribution < 1.29 is 4.74 Å². The molecule has 2 unspecified atom stereocenters. The first-order valence-electron chi connectivity index (χ1n) is 8.03. The monoisotopic (exact) mass is 275 g/mol. The van der Waals surface area contributed by atoms with Gasteiger partial charge in [0.15, 0.2) is 0 Å². The summed E-state index contributed by atoms with van der Waals surface area (Å²) < 4.78 is 5.76. The van der Waals surface area contributed by atoms with Gasteiger partial charge in [-0.3, -0.25) is 0 Å². The van der Waals surface area contributed by atoms with Crippen molar-refractivity contribution in [1.29, 1.82) is 0 Å². The van der Waals surface area contributed by atoms with Crippen LogP contribution in [0, 0.1) is 5.92 Å². The average Bonchev–Trinajstić information content (AvgIpc) is 2.36. The van der Waals surface area contributed by atoms with E-state index in [1.54, 1.807) is 0 Å². The standard InChI is InChI=1S/C18H29NO/c1-5-19-17(18(20-4)13(2)3)16-11-7-10-15(12-16)14-8-6-9-14/h7,10-14,17-19H,5-6,8-9H2,1-4H3. The van der Waals surface area contributed by atoms with Crippen molar-refractivity contribution in [2.45, 2.75) is 58.1 Å². The molecular weight excluding hydrogens is 246 g/mol. The minimum atomic E-state index is 0.214. The Labute approximate surface area is 123 Å². The molecule has 1 aromatic carbocycles. The highest BCUT2D eigenvalue weighted by atomic mass is 16.5. The number of methoxy groups -OCH3 is 1. The Bertz CT molecular complexity index is 412. The quantitative estimate of drug-likeness (QED) is 0.802. The van der Waals surface area contributed by atoms with E-state index in [0.29, 0.717) is 5.92 Å². The normalized spacial score (nSPS) is 18.9. The Morgan fingerprint density at radius 2 is 2.05 bits per heavy atom. The Balaban J connectivity index is 2.23. The van der Waals surface area contributed by atoms with Crippen LogP contribution in [-0.4, -0.2) is 19.8 Å². The molecule has 1 fully saturated rings. The highest BCUT2D eigenvalue weighted by molar-refractivity contribution is 5.30. The maximum atomic E-state index is 5.76. The van der Waals surface area contributed by atoms with Crippen molar-refractivity contribution >= 4 is 0 Å². The summed E-state index contributed by atoms with van der Waals surface area (Å²) in [7, 11) is 1.82. The zero-order chi connectivity index (χ0) is 14.5. The van der Waals surface area contributed by atoms with Gasteiger partial charge >= 0.3 is 0 Å². The van der Waals surface area contributed by atoms with Gasteiger partial charge in [-0.15, -0.1) is 0 Å². The molecule has 0 aromatic heterocycles. The Hall–Kier alpha value is -0.860. The van der Waals surface area contributed by atoms with E-state index in [4.69, 9.17) is 4.74 Å². The van der Waals surface area contributed by atoms with Crippen LogP contribution in [-0.2, 0) is 4.74 Å². The van der Waals surface area contributed by atoms with Gasteiger partial charge in [0.05, 0.1) is 12.1 Å². The highest BCUT2D eigenvalue weighted by Gasteiger charge is 2.26. The lowest BCUT2D eigenvalue weighted by atomic mass is 9.79. The lowest BCUT2D eigenvalue weighted by molar-refractivity contribution is 0.0330. The number of nitrogens with one attached hydrogen (secondary N) is 1. The summed E-state index contributed by atoms with van der Waals surface area (Å²) >= 11 is 0. The number of ether oxygens (including phenoxy) is 1. The third kappa shape index (κ3) is 3.42. The molecule has 0 bridgehead atoms. The fraction of sp³-hybridized carbons (Fsp3) is 0.667. The van der Waals surface area contributed by atoms with E-state index in [0.717, 1.165) is 12.5 Å². The van der Waals surface area contributed by atoms with Crippen LogP contribution in [0.5, 0.6) is 0 Å². The Morgan fingerprint density at radius 1 is 1.30 bits per heavy atom. The van der Waals surface area contributed by atoms with Crippen LogP contribution in [0.15, 0.2) is 24.3 Å². The van der Waals surface area contributed by atoms with E-state index >= 15 is 0 Å². The van der Waals surface area contributed by atoms with Gasteiger partial charge in [-0.25, -0.2) is 0 Å². The maximum absolute atomic E-state index is 5.76. The van der Waals surface area contributed by atoms with Gasteiger partial charge in [0.25, 0.3) is 0 Å². The van der Waals surface area contributed by atoms with Crippen molar-refractivity contribution in [3.8, 4) is 0 Å². The molecule has 2 atom stereocenters. The van der Waals surface area contributed by atoms with Gasteiger partial charge in [0, 0.05) is 7.11 Å². The predicted octanol–water partition coefficient (Wildman–Crippen LogP) is 4.28. The van der Waals surface area contributed by atoms with Gasteiger partial charge in [-0.2, -0.15) is 0 Å². The largest absolute Gasteiger partial charge is 0.379 e. The van der Waals surface area contributed by atoms with Crippen LogP contribution < -0.4 is 5.32 Å². The Morgan fingerprint density at radius 3 is 2.55 bits per heavy atom. The molecule has 1 aliphatic carbocycles. The third-order valence-corrected chi connectivity index (χ3v) is 4.53. The fourth-order valence-electron chi connectivity index (χ4n) is 3.18.